The monoisotopic (exact) mass is 292 g/mol. The molecule has 0 saturated heterocycles. The SMILES string of the molecule is NC(=O)Nc1cccc(Nc2ccc3ccc(N)cc3c2)c1. The minimum atomic E-state index is -0.585. The van der Waals surface area contributed by atoms with Gasteiger partial charge in [0, 0.05) is 22.7 Å². The van der Waals surface area contributed by atoms with Crippen LogP contribution in [0.4, 0.5) is 27.5 Å². The van der Waals surface area contributed by atoms with E-state index < -0.39 is 6.03 Å². The van der Waals surface area contributed by atoms with Gasteiger partial charge in [0.05, 0.1) is 0 Å². The van der Waals surface area contributed by atoms with Gasteiger partial charge in [-0.1, -0.05) is 18.2 Å². The second-order valence-corrected chi connectivity index (χ2v) is 5.02. The van der Waals surface area contributed by atoms with Crippen LogP contribution in [0.1, 0.15) is 0 Å². The van der Waals surface area contributed by atoms with Crippen LogP contribution in [0, 0.1) is 0 Å². The van der Waals surface area contributed by atoms with Crippen molar-refractivity contribution in [1.29, 1.82) is 0 Å². The zero-order valence-corrected chi connectivity index (χ0v) is 11.8. The van der Waals surface area contributed by atoms with E-state index in [1.165, 1.54) is 0 Å². The summed E-state index contributed by atoms with van der Waals surface area (Å²) < 4.78 is 0. The lowest BCUT2D eigenvalue weighted by atomic mass is 10.1. The maximum atomic E-state index is 10.9. The summed E-state index contributed by atoms with van der Waals surface area (Å²) in [4.78, 5) is 10.9. The Hall–Kier alpha value is -3.21. The molecule has 0 aliphatic heterocycles. The third-order valence-corrected chi connectivity index (χ3v) is 3.28. The topological polar surface area (TPSA) is 93.2 Å². The number of nitrogen functional groups attached to an aromatic ring is 1. The van der Waals surface area contributed by atoms with E-state index in [-0.39, 0.29) is 0 Å². The minimum Gasteiger partial charge on any atom is -0.399 e. The van der Waals surface area contributed by atoms with Crippen LogP contribution in [0.3, 0.4) is 0 Å². The van der Waals surface area contributed by atoms with Crippen molar-refractivity contribution in [2.45, 2.75) is 0 Å². The van der Waals surface area contributed by atoms with Crippen molar-refractivity contribution in [3.8, 4) is 0 Å². The van der Waals surface area contributed by atoms with Gasteiger partial charge in [0.15, 0.2) is 0 Å². The first kappa shape index (κ1) is 13.8. The minimum absolute atomic E-state index is 0.585. The quantitative estimate of drug-likeness (QED) is 0.555. The summed E-state index contributed by atoms with van der Waals surface area (Å²) in [7, 11) is 0. The molecular formula is C17H16N4O. The van der Waals surface area contributed by atoms with Crippen molar-refractivity contribution in [3.63, 3.8) is 0 Å². The summed E-state index contributed by atoms with van der Waals surface area (Å²) in [5.41, 5.74) is 14.1. The second-order valence-electron chi connectivity index (χ2n) is 5.02. The van der Waals surface area contributed by atoms with Gasteiger partial charge >= 0.3 is 6.03 Å². The fourth-order valence-corrected chi connectivity index (χ4v) is 2.33. The van der Waals surface area contributed by atoms with E-state index in [2.05, 4.69) is 10.6 Å². The van der Waals surface area contributed by atoms with Crippen LogP contribution < -0.4 is 22.1 Å². The zero-order valence-electron chi connectivity index (χ0n) is 11.8. The Morgan fingerprint density at radius 2 is 1.55 bits per heavy atom. The van der Waals surface area contributed by atoms with Gasteiger partial charge in [-0.2, -0.15) is 0 Å². The molecule has 0 fully saturated rings. The predicted molar refractivity (Wildman–Crippen MR) is 91.3 cm³/mol. The van der Waals surface area contributed by atoms with Gasteiger partial charge in [0.1, 0.15) is 0 Å². The van der Waals surface area contributed by atoms with Crippen molar-refractivity contribution < 1.29 is 4.79 Å². The summed E-state index contributed by atoms with van der Waals surface area (Å²) >= 11 is 0. The number of fused-ring (bicyclic) bond motifs is 1. The maximum Gasteiger partial charge on any atom is 0.316 e. The van der Waals surface area contributed by atoms with Gasteiger partial charge in [-0.05, 0) is 53.2 Å². The Labute approximate surface area is 127 Å². The van der Waals surface area contributed by atoms with Crippen LogP contribution in [-0.2, 0) is 0 Å². The molecule has 0 aromatic heterocycles. The molecule has 0 atom stereocenters. The highest BCUT2D eigenvalue weighted by molar-refractivity contribution is 5.90. The average molecular weight is 292 g/mol. The van der Waals surface area contributed by atoms with Gasteiger partial charge in [-0.15, -0.1) is 0 Å². The number of nitrogens with one attached hydrogen (secondary N) is 2. The number of hydrogen-bond acceptors (Lipinski definition) is 3. The van der Waals surface area contributed by atoms with E-state index >= 15 is 0 Å². The molecule has 0 bridgehead atoms. The Bertz CT molecular complexity index is 845. The first-order chi connectivity index (χ1) is 10.6. The normalized spacial score (nSPS) is 10.4. The number of anilines is 4. The fourth-order valence-electron chi connectivity index (χ4n) is 2.33. The van der Waals surface area contributed by atoms with Crippen molar-refractivity contribution in [1.82, 2.24) is 0 Å². The van der Waals surface area contributed by atoms with E-state index in [9.17, 15) is 4.79 Å². The molecule has 3 rings (SSSR count). The number of hydrogen-bond donors (Lipinski definition) is 4. The molecule has 0 heterocycles. The molecule has 6 N–H and O–H groups in total. The molecule has 0 saturated carbocycles. The third-order valence-electron chi connectivity index (χ3n) is 3.28. The molecule has 5 heteroatoms. The lowest BCUT2D eigenvalue weighted by Gasteiger charge is -2.10. The molecule has 22 heavy (non-hydrogen) atoms. The van der Waals surface area contributed by atoms with Crippen LogP contribution >= 0.6 is 0 Å². The molecule has 3 aromatic carbocycles. The predicted octanol–water partition coefficient (Wildman–Crippen LogP) is 3.66. The van der Waals surface area contributed by atoms with Crippen molar-refractivity contribution in [2.24, 2.45) is 5.73 Å². The summed E-state index contributed by atoms with van der Waals surface area (Å²) in [6.45, 7) is 0. The molecule has 0 aliphatic carbocycles. The van der Waals surface area contributed by atoms with Crippen LogP contribution in [0.2, 0.25) is 0 Å². The standard InChI is InChI=1S/C17H16N4O/c18-13-6-4-11-5-7-16(9-12(11)8-13)20-14-2-1-3-15(10-14)21-17(19)22/h1-10,20H,18H2,(H3,19,21,22). The highest BCUT2D eigenvalue weighted by atomic mass is 16.2. The van der Waals surface area contributed by atoms with Gasteiger partial charge in [0.25, 0.3) is 0 Å². The zero-order chi connectivity index (χ0) is 15.5. The number of nitrogens with two attached hydrogens (primary N) is 2. The molecule has 0 radical (unpaired) electrons. The van der Waals surface area contributed by atoms with Crippen molar-refractivity contribution in [3.05, 3.63) is 60.7 Å². The third kappa shape index (κ3) is 3.09. The largest absolute Gasteiger partial charge is 0.399 e. The number of amides is 2. The number of carbonyl (C=O) groups excluding carboxylic acids is 1. The van der Waals surface area contributed by atoms with Gasteiger partial charge in [0.2, 0.25) is 0 Å². The Kier molecular flexibility index (Phi) is 3.53. The van der Waals surface area contributed by atoms with Crippen LogP contribution in [0.5, 0.6) is 0 Å². The van der Waals surface area contributed by atoms with E-state index in [4.69, 9.17) is 11.5 Å². The number of urea groups is 1. The first-order valence-corrected chi connectivity index (χ1v) is 6.83. The molecular weight excluding hydrogens is 276 g/mol. The first-order valence-electron chi connectivity index (χ1n) is 6.83. The summed E-state index contributed by atoms with van der Waals surface area (Å²) in [5, 5.41) is 8.04. The van der Waals surface area contributed by atoms with Crippen LogP contribution in [-0.4, -0.2) is 6.03 Å². The smallest absolute Gasteiger partial charge is 0.316 e. The van der Waals surface area contributed by atoms with Gasteiger partial charge in [-0.25, -0.2) is 4.79 Å². The Balaban J connectivity index is 1.87. The lowest BCUT2D eigenvalue weighted by molar-refractivity contribution is 0.259. The summed E-state index contributed by atoms with van der Waals surface area (Å²) in [6, 6.07) is 18.6. The number of rotatable bonds is 3. The Morgan fingerprint density at radius 1 is 0.818 bits per heavy atom. The number of benzene rings is 3. The maximum absolute atomic E-state index is 10.9. The number of primary amides is 1. The van der Waals surface area contributed by atoms with Crippen LogP contribution in [0.15, 0.2) is 60.7 Å². The molecule has 5 nitrogen and oxygen atoms in total. The fraction of sp³-hybridized carbons (Fsp3) is 0. The Morgan fingerprint density at radius 3 is 2.36 bits per heavy atom. The highest BCUT2D eigenvalue weighted by Crippen LogP contribution is 2.25. The summed E-state index contributed by atoms with van der Waals surface area (Å²) in [6.07, 6.45) is 0. The van der Waals surface area contributed by atoms with Gasteiger partial charge in [-0.3, -0.25) is 0 Å². The van der Waals surface area contributed by atoms with E-state index in [1.54, 1.807) is 6.07 Å². The van der Waals surface area contributed by atoms with Crippen molar-refractivity contribution >= 4 is 39.6 Å². The molecule has 0 unspecified atom stereocenters. The molecule has 3 aromatic rings. The molecule has 110 valence electrons. The second kappa shape index (κ2) is 5.65. The van der Waals surface area contributed by atoms with Crippen molar-refractivity contribution in [2.75, 3.05) is 16.4 Å². The van der Waals surface area contributed by atoms with E-state index in [0.29, 0.717) is 5.69 Å². The van der Waals surface area contributed by atoms with Crippen LogP contribution in [0.25, 0.3) is 10.8 Å². The van der Waals surface area contributed by atoms with E-state index in [1.807, 2.05) is 54.6 Å². The molecule has 2 amide bonds. The highest BCUT2D eigenvalue weighted by Gasteiger charge is 2.01. The molecule has 0 spiro atoms. The lowest BCUT2D eigenvalue weighted by Crippen LogP contribution is -2.19. The molecule has 0 aliphatic rings. The van der Waals surface area contributed by atoms with Gasteiger partial charge < -0.3 is 22.1 Å². The average Bonchev–Trinajstić information content (AvgIpc) is 2.46. The van der Waals surface area contributed by atoms with E-state index in [0.717, 1.165) is 27.8 Å². The number of carbonyl (C=O) groups is 1. The summed E-state index contributed by atoms with van der Waals surface area (Å²) in [5.74, 6) is 0.